The van der Waals surface area contributed by atoms with Gasteiger partial charge in [0.15, 0.2) is 0 Å². The standard InChI is InChI=1S/C12H21NO.Y/c1-6-11-7-10(12(3,4)5)8-13(11)9(2)14;/h10-11H,1-2,6-8H2,3-5H3;/q-2;. The van der Waals surface area contributed by atoms with Crippen molar-refractivity contribution >= 4 is 5.91 Å². The Labute approximate surface area is 119 Å². The quantitative estimate of drug-likeness (QED) is 0.677. The molecule has 0 aromatic carbocycles. The minimum atomic E-state index is -0.0506. The Kier molecular flexibility index (Phi) is 5.85. The van der Waals surface area contributed by atoms with Crippen molar-refractivity contribution in [2.75, 3.05) is 6.54 Å². The van der Waals surface area contributed by atoms with E-state index in [4.69, 9.17) is 0 Å². The first-order valence-electron chi connectivity index (χ1n) is 5.28. The van der Waals surface area contributed by atoms with Crippen LogP contribution in [-0.4, -0.2) is 23.4 Å². The van der Waals surface area contributed by atoms with Crippen LogP contribution in [0.2, 0.25) is 0 Å². The second-order valence-electron chi connectivity index (χ2n) is 5.29. The van der Waals surface area contributed by atoms with E-state index in [1.807, 2.05) is 4.90 Å². The molecule has 1 amide bonds. The molecule has 1 heterocycles. The molecule has 0 aliphatic carbocycles. The van der Waals surface area contributed by atoms with Crippen LogP contribution in [0.1, 0.15) is 33.6 Å². The topological polar surface area (TPSA) is 20.3 Å². The Morgan fingerprint density at radius 1 is 1.47 bits per heavy atom. The van der Waals surface area contributed by atoms with Gasteiger partial charge in [-0.2, -0.15) is 6.42 Å². The van der Waals surface area contributed by atoms with Crippen LogP contribution in [0, 0.1) is 25.2 Å². The fraction of sp³-hybridized carbons (Fsp3) is 0.750. The van der Waals surface area contributed by atoms with Crippen molar-refractivity contribution in [3.63, 3.8) is 0 Å². The molecule has 0 N–H and O–H groups in total. The maximum atomic E-state index is 11.3. The van der Waals surface area contributed by atoms with Crippen LogP contribution in [-0.2, 0) is 37.5 Å². The van der Waals surface area contributed by atoms with Gasteiger partial charge in [-0.15, -0.1) is 0 Å². The van der Waals surface area contributed by atoms with E-state index < -0.39 is 0 Å². The Morgan fingerprint density at radius 2 is 2.00 bits per heavy atom. The summed E-state index contributed by atoms with van der Waals surface area (Å²) in [7, 11) is 0. The van der Waals surface area contributed by atoms with E-state index in [-0.39, 0.29) is 44.0 Å². The van der Waals surface area contributed by atoms with E-state index in [1.165, 1.54) is 0 Å². The van der Waals surface area contributed by atoms with Gasteiger partial charge in [0.25, 0.3) is 0 Å². The summed E-state index contributed by atoms with van der Waals surface area (Å²) in [5, 5.41) is 0. The van der Waals surface area contributed by atoms with Crippen LogP contribution < -0.4 is 0 Å². The molecule has 1 radical (unpaired) electrons. The molecule has 0 aromatic rings. The first-order valence-corrected chi connectivity index (χ1v) is 5.28. The van der Waals surface area contributed by atoms with Gasteiger partial charge in [-0.3, -0.25) is 0 Å². The molecule has 85 valence electrons. The first kappa shape index (κ1) is 15.4. The van der Waals surface area contributed by atoms with E-state index in [0.717, 1.165) is 19.4 Å². The number of hydrogen-bond acceptors (Lipinski definition) is 1. The van der Waals surface area contributed by atoms with Crippen molar-refractivity contribution in [1.29, 1.82) is 0 Å². The van der Waals surface area contributed by atoms with Crippen molar-refractivity contribution in [1.82, 2.24) is 4.90 Å². The third-order valence-electron chi connectivity index (χ3n) is 3.29. The summed E-state index contributed by atoms with van der Waals surface area (Å²) < 4.78 is 0. The number of hydrogen-bond donors (Lipinski definition) is 0. The maximum Gasteiger partial charge on any atom is 0.0824 e. The molecule has 1 fully saturated rings. The zero-order valence-corrected chi connectivity index (χ0v) is 13.0. The zero-order chi connectivity index (χ0) is 10.9. The molecule has 2 nitrogen and oxygen atoms in total. The molecular weight excluding hydrogens is 263 g/mol. The molecule has 0 aromatic heterocycles. The number of likely N-dealkylation sites (tertiary alicyclic amines) is 1. The number of amides is 1. The van der Waals surface area contributed by atoms with Gasteiger partial charge in [0.2, 0.25) is 0 Å². The average molecular weight is 284 g/mol. The van der Waals surface area contributed by atoms with Crippen molar-refractivity contribution in [2.45, 2.75) is 39.7 Å². The van der Waals surface area contributed by atoms with Gasteiger partial charge in [0.1, 0.15) is 0 Å². The molecule has 1 aliphatic rings. The van der Waals surface area contributed by atoms with E-state index >= 15 is 0 Å². The molecule has 2 atom stereocenters. The van der Waals surface area contributed by atoms with Crippen LogP contribution in [0.25, 0.3) is 0 Å². The summed E-state index contributed by atoms with van der Waals surface area (Å²) in [6.45, 7) is 14.9. The van der Waals surface area contributed by atoms with Crippen LogP contribution >= 0.6 is 0 Å². The Morgan fingerprint density at radius 3 is 2.27 bits per heavy atom. The first-order chi connectivity index (χ1) is 6.36. The van der Waals surface area contributed by atoms with E-state index in [9.17, 15) is 4.79 Å². The molecule has 0 bridgehead atoms. The minimum Gasteiger partial charge on any atom is -0.367 e. The van der Waals surface area contributed by atoms with Gasteiger partial charge in [-0.25, -0.2) is 0 Å². The van der Waals surface area contributed by atoms with Crippen LogP contribution in [0.15, 0.2) is 0 Å². The number of nitrogens with zero attached hydrogens (tertiary/aromatic N) is 1. The average Bonchev–Trinajstić information content (AvgIpc) is 2.45. The summed E-state index contributed by atoms with van der Waals surface area (Å²) in [6, 6.07) is 0.309. The molecule has 1 aliphatic heterocycles. The van der Waals surface area contributed by atoms with Crippen molar-refractivity contribution < 1.29 is 37.5 Å². The minimum absolute atomic E-state index is 0. The van der Waals surface area contributed by atoms with Gasteiger partial charge in [0, 0.05) is 45.3 Å². The zero-order valence-electron chi connectivity index (χ0n) is 10.1. The molecule has 15 heavy (non-hydrogen) atoms. The number of carbonyl (C=O) groups excluding carboxylic acids is 1. The molecule has 1 rings (SSSR count). The van der Waals surface area contributed by atoms with Crippen molar-refractivity contribution in [3.05, 3.63) is 13.8 Å². The largest absolute Gasteiger partial charge is 0.367 e. The summed E-state index contributed by atoms with van der Waals surface area (Å²) in [5.41, 5.74) is 0.275. The number of carbonyl (C=O) groups is 1. The van der Waals surface area contributed by atoms with Crippen molar-refractivity contribution in [2.24, 2.45) is 11.3 Å². The fourth-order valence-corrected chi connectivity index (χ4v) is 2.12. The van der Waals surface area contributed by atoms with E-state index in [2.05, 4.69) is 34.6 Å². The molecule has 2 unspecified atom stereocenters. The second kappa shape index (κ2) is 5.68. The van der Waals surface area contributed by atoms with Crippen LogP contribution in [0.5, 0.6) is 0 Å². The second-order valence-corrected chi connectivity index (χ2v) is 5.29. The van der Waals surface area contributed by atoms with Gasteiger partial charge in [-0.1, -0.05) is 20.8 Å². The van der Waals surface area contributed by atoms with E-state index in [0.29, 0.717) is 12.0 Å². The Balaban J connectivity index is 0.00000196. The van der Waals surface area contributed by atoms with Crippen LogP contribution in [0.3, 0.4) is 0 Å². The third-order valence-corrected chi connectivity index (χ3v) is 3.29. The predicted molar refractivity (Wildman–Crippen MR) is 58.4 cm³/mol. The molecular formula is C12H21NOY-2. The molecule has 0 saturated carbocycles. The Hall–Kier alpha value is 0.444. The van der Waals surface area contributed by atoms with E-state index in [1.54, 1.807) is 0 Å². The predicted octanol–water partition coefficient (Wildman–Crippen LogP) is 2.31. The summed E-state index contributed by atoms with van der Waals surface area (Å²) in [6.07, 6.45) is 1.88. The van der Waals surface area contributed by atoms with Crippen molar-refractivity contribution in [3.8, 4) is 0 Å². The summed E-state index contributed by atoms with van der Waals surface area (Å²) in [5.74, 6) is 0.533. The fourth-order valence-electron chi connectivity index (χ4n) is 2.12. The van der Waals surface area contributed by atoms with Gasteiger partial charge in [-0.05, 0) is 17.8 Å². The molecule has 3 heteroatoms. The molecule has 1 saturated heterocycles. The summed E-state index contributed by atoms with van der Waals surface area (Å²) >= 11 is 0. The monoisotopic (exact) mass is 284 g/mol. The maximum absolute atomic E-state index is 11.3. The summed E-state index contributed by atoms with van der Waals surface area (Å²) in [4.78, 5) is 13.2. The number of rotatable bonds is 1. The van der Waals surface area contributed by atoms with Gasteiger partial charge < -0.3 is 23.5 Å². The Bertz CT molecular complexity index is 222. The smallest absolute Gasteiger partial charge is 0.0824 e. The molecule has 0 spiro atoms. The normalized spacial score (nSPS) is 26.3. The SMILES string of the molecule is [CH2-]CC1CC(C(C)(C)C)CN1C([CH2-])=O.[Y]. The van der Waals surface area contributed by atoms with Gasteiger partial charge >= 0.3 is 0 Å². The van der Waals surface area contributed by atoms with Crippen LogP contribution in [0.4, 0.5) is 0 Å². The van der Waals surface area contributed by atoms with Gasteiger partial charge in [0.05, 0.1) is 5.91 Å². The third kappa shape index (κ3) is 3.74.